The Balaban J connectivity index is 1.17. The molecular formula is C29H35N7O4. The first-order chi connectivity index (χ1) is 19.4. The Bertz CT molecular complexity index is 1290. The highest BCUT2D eigenvalue weighted by atomic mass is 16.5. The number of nitrogens with zero attached hydrogens (tertiary/aromatic N) is 5. The molecule has 2 aromatic carbocycles. The number of hydrogen-bond donors (Lipinski definition) is 2. The zero-order valence-electron chi connectivity index (χ0n) is 22.9. The summed E-state index contributed by atoms with van der Waals surface area (Å²) in [4.78, 5) is 34.0. The molecule has 5 rings (SSSR count). The van der Waals surface area contributed by atoms with E-state index < -0.39 is 0 Å². The monoisotopic (exact) mass is 545 g/mol. The van der Waals surface area contributed by atoms with E-state index in [1.807, 2.05) is 43.0 Å². The minimum Gasteiger partial charge on any atom is -0.491 e. The lowest BCUT2D eigenvalue weighted by Gasteiger charge is -2.33. The predicted octanol–water partition coefficient (Wildman–Crippen LogP) is 3.27. The van der Waals surface area contributed by atoms with Crippen LogP contribution in [0.3, 0.4) is 0 Å². The highest BCUT2D eigenvalue weighted by Gasteiger charge is 2.24. The zero-order valence-corrected chi connectivity index (χ0v) is 22.9. The Morgan fingerprint density at radius 3 is 2.45 bits per heavy atom. The smallest absolute Gasteiger partial charge is 0.254 e. The van der Waals surface area contributed by atoms with Gasteiger partial charge in [-0.1, -0.05) is 0 Å². The van der Waals surface area contributed by atoms with Gasteiger partial charge in [-0.25, -0.2) is 0 Å². The maximum atomic E-state index is 12.8. The highest BCUT2D eigenvalue weighted by Crippen LogP contribution is 2.21. The number of morpholine rings is 1. The van der Waals surface area contributed by atoms with Crippen LogP contribution in [0.15, 0.2) is 54.7 Å². The van der Waals surface area contributed by atoms with Crippen molar-refractivity contribution in [2.75, 3.05) is 49.6 Å². The van der Waals surface area contributed by atoms with Crippen molar-refractivity contribution in [3.05, 3.63) is 65.9 Å². The molecule has 40 heavy (non-hydrogen) atoms. The molecule has 2 aliphatic heterocycles. The van der Waals surface area contributed by atoms with Crippen LogP contribution in [0.2, 0.25) is 0 Å². The van der Waals surface area contributed by atoms with E-state index in [1.165, 1.54) is 0 Å². The van der Waals surface area contributed by atoms with Crippen LogP contribution in [-0.4, -0.2) is 83.4 Å². The lowest BCUT2D eigenvalue weighted by molar-refractivity contribution is 0.0303. The summed E-state index contributed by atoms with van der Waals surface area (Å²) in [6.45, 7) is 7.65. The fourth-order valence-corrected chi connectivity index (χ4v) is 4.78. The van der Waals surface area contributed by atoms with Crippen molar-refractivity contribution < 1.29 is 19.1 Å². The number of anilines is 3. The summed E-state index contributed by atoms with van der Waals surface area (Å²) in [6, 6.07) is 14.5. The maximum absolute atomic E-state index is 12.8. The van der Waals surface area contributed by atoms with Gasteiger partial charge in [-0.3, -0.25) is 9.59 Å². The first kappa shape index (κ1) is 27.3. The third kappa shape index (κ3) is 7.03. The normalized spacial score (nSPS) is 17.4. The molecule has 0 bridgehead atoms. The Kier molecular flexibility index (Phi) is 8.70. The lowest BCUT2D eigenvalue weighted by Crippen LogP contribution is -2.48. The predicted molar refractivity (Wildman–Crippen MR) is 151 cm³/mol. The second-order valence-electron chi connectivity index (χ2n) is 10.2. The molecule has 2 saturated heterocycles. The molecule has 11 heteroatoms. The van der Waals surface area contributed by atoms with Gasteiger partial charge in [0, 0.05) is 49.0 Å². The van der Waals surface area contributed by atoms with E-state index in [1.54, 1.807) is 35.4 Å². The summed E-state index contributed by atoms with van der Waals surface area (Å²) in [6.07, 6.45) is 3.41. The van der Waals surface area contributed by atoms with Crippen molar-refractivity contribution in [1.29, 1.82) is 0 Å². The molecule has 0 saturated carbocycles. The van der Waals surface area contributed by atoms with Crippen molar-refractivity contribution in [2.45, 2.75) is 38.8 Å². The average Bonchev–Trinajstić information content (AvgIpc) is 2.98. The molecule has 11 nitrogen and oxygen atoms in total. The number of benzene rings is 2. The molecule has 1 aromatic heterocycles. The van der Waals surface area contributed by atoms with Crippen LogP contribution in [0.1, 0.15) is 47.4 Å². The third-order valence-corrected chi connectivity index (χ3v) is 6.78. The molecular weight excluding hydrogens is 510 g/mol. The maximum Gasteiger partial charge on any atom is 0.254 e. The summed E-state index contributed by atoms with van der Waals surface area (Å²) in [5.41, 5.74) is 2.02. The van der Waals surface area contributed by atoms with Crippen molar-refractivity contribution in [3.63, 3.8) is 0 Å². The van der Waals surface area contributed by atoms with Crippen molar-refractivity contribution in [1.82, 2.24) is 25.4 Å². The second kappa shape index (κ2) is 12.7. The number of amides is 2. The molecule has 0 radical (unpaired) electrons. The minimum absolute atomic E-state index is 0.00439. The van der Waals surface area contributed by atoms with Gasteiger partial charge in [0.2, 0.25) is 5.95 Å². The number of aromatic nitrogens is 3. The van der Waals surface area contributed by atoms with E-state index in [0.29, 0.717) is 55.7 Å². The fourth-order valence-electron chi connectivity index (χ4n) is 4.78. The summed E-state index contributed by atoms with van der Waals surface area (Å²) < 4.78 is 11.0. The van der Waals surface area contributed by atoms with Crippen molar-refractivity contribution in [3.8, 4) is 5.75 Å². The molecule has 0 spiro atoms. The van der Waals surface area contributed by atoms with Gasteiger partial charge in [0.1, 0.15) is 5.75 Å². The molecule has 210 valence electrons. The Morgan fingerprint density at radius 1 is 1.00 bits per heavy atom. The van der Waals surface area contributed by atoms with Crippen LogP contribution >= 0.6 is 0 Å². The number of piperidine rings is 1. The Morgan fingerprint density at radius 2 is 1.73 bits per heavy atom. The zero-order chi connectivity index (χ0) is 27.9. The number of carbonyl (C=O) groups is 2. The molecule has 0 aliphatic carbocycles. The first-order valence-corrected chi connectivity index (χ1v) is 13.7. The largest absolute Gasteiger partial charge is 0.491 e. The van der Waals surface area contributed by atoms with Crippen LogP contribution in [0.5, 0.6) is 5.75 Å². The van der Waals surface area contributed by atoms with Gasteiger partial charge >= 0.3 is 0 Å². The first-order valence-electron chi connectivity index (χ1n) is 13.7. The number of nitrogens with one attached hydrogen (secondary N) is 2. The molecule has 3 aromatic rings. The highest BCUT2D eigenvalue weighted by molar-refractivity contribution is 5.95. The van der Waals surface area contributed by atoms with Crippen molar-refractivity contribution >= 4 is 29.3 Å². The molecule has 2 fully saturated rings. The summed E-state index contributed by atoms with van der Waals surface area (Å²) in [7, 11) is 0. The van der Waals surface area contributed by atoms with E-state index >= 15 is 0 Å². The Labute approximate surface area is 233 Å². The summed E-state index contributed by atoms with van der Waals surface area (Å²) >= 11 is 0. The minimum atomic E-state index is -0.118. The lowest BCUT2D eigenvalue weighted by atomic mass is 10.1. The molecule has 0 unspecified atom stereocenters. The fraction of sp³-hybridized carbons (Fsp3) is 0.414. The average molecular weight is 546 g/mol. The SMILES string of the molecule is CC(C)Oc1ccc(C(=O)N[C@@H]2CCCN(c3nncc(Nc4ccc(C(=O)N5CCOCC5)cc4)n3)C2)cc1. The molecule has 3 heterocycles. The number of carbonyl (C=O) groups excluding carboxylic acids is 2. The van der Waals surface area contributed by atoms with Gasteiger partial charge in [0.05, 0.1) is 25.5 Å². The summed E-state index contributed by atoms with van der Waals surface area (Å²) in [5, 5.41) is 14.8. The van der Waals surface area contributed by atoms with Gasteiger partial charge in [0.25, 0.3) is 11.8 Å². The van der Waals surface area contributed by atoms with Crippen LogP contribution < -0.4 is 20.3 Å². The quantitative estimate of drug-likeness (QED) is 0.439. The Hall–Kier alpha value is -4.25. The molecule has 2 amide bonds. The van der Waals surface area contributed by atoms with Gasteiger partial charge in [0.15, 0.2) is 5.82 Å². The van der Waals surface area contributed by atoms with Crippen molar-refractivity contribution in [2.24, 2.45) is 0 Å². The second-order valence-corrected chi connectivity index (χ2v) is 10.2. The van der Waals surface area contributed by atoms with E-state index in [-0.39, 0.29) is 24.0 Å². The van der Waals surface area contributed by atoms with Crippen LogP contribution in [0.25, 0.3) is 0 Å². The van der Waals surface area contributed by atoms with E-state index in [0.717, 1.165) is 30.8 Å². The van der Waals surface area contributed by atoms with E-state index in [9.17, 15) is 9.59 Å². The van der Waals surface area contributed by atoms with Gasteiger partial charge in [-0.15, -0.1) is 5.10 Å². The third-order valence-electron chi connectivity index (χ3n) is 6.78. The topological polar surface area (TPSA) is 122 Å². The molecule has 2 N–H and O–H groups in total. The molecule has 1 atom stereocenters. The standard InChI is InChI=1S/C29H35N7O4/c1-20(2)40-25-11-7-21(8-12-25)27(37)32-24-4-3-13-36(19-24)29-33-26(18-30-34-29)31-23-9-5-22(6-10-23)28(38)35-14-16-39-17-15-35/h5-12,18,20,24H,3-4,13-17,19H2,1-2H3,(H,32,37)(H,31,33,34)/t24-/m1/s1. The van der Waals surface area contributed by atoms with Gasteiger partial charge in [-0.05, 0) is 75.2 Å². The van der Waals surface area contributed by atoms with Crippen LogP contribution in [-0.2, 0) is 4.74 Å². The molecule has 2 aliphatic rings. The van der Waals surface area contributed by atoms with E-state index in [2.05, 4.69) is 25.8 Å². The summed E-state index contributed by atoms with van der Waals surface area (Å²) in [5.74, 6) is 1.68. The number of hydrogen-bond acceptors (Lipinski definition) is 9. The van der Waals surface area contributed by atoms with Gasteiger partial charge in [-0.2, -0.15) is 10.1 Å². The van der Waals surface area contributed by atoms with E-state index in [4.69, 9.17) is 9.47 Å². The number of rotatable bonds is 8. The van der Waals surface area contributed by atoms with Crippen LogP contribution in [0.4, 0.5) is 17.5 Å². The number of ether oxygens (including phenoxy) is 2. The van der Waals surface area contributed by atoms with Crippen LogP contribution in [0, 0.1) is 0 Å². The van der Waals surface area contributed by atoms with Gasteiger partial charge < -0.3 is 29.9 Å².